The number of benzene rings is 5. The van der Waals surface area contributed by atoms with Gasteiger partial charge in [0.05, 0.1) is 83.3 Å². The molecule has 3 amide bonds. The normalized spacial score (nSPS) is 16.1. The predicted molar refractivity (Wildman–Crippen MR) is 344 cm³/mol. The second-order valence-corrected chi connectivity index (χ2v) is 21.1. The largest absolute Gasteiger partial charge is 0.493 e. The van der Waals surface area contributed by atoms with Crippen LogP contribution in [0.5, 0.6) is 51.7 Å². The standard InChI is InChI=1S/C30H35N3O6.C26H28N2O6.C11H14O4.C2H6/c1-37-28-16-21(8-10-29(35)32-11-3-2-4-12-32)7-9-26(28)38-14-15-39-27-18-25-24(17-22(27)20-34)30(36)33-13-5-6-23(33)19-31-25;1-17(30)5-6-18-7-8-23(25(12-18)32-2)33-10-11-34-24-14-22-21(13-19(24)16-29)26(31)28-9-3-4-20(28)15-27-22;1-7(12)8-5-9(13-2)11(15-4)10(6-8)14-3;1-2/h7-10,16-19,23,34H,2-6,11-15,20H2,1H3;5-8,12-15,20,29H,3-4,9-11,16H2,1-2H3;5-6H,1-4H3;1-2H3/b10-8+;6-5+;;/t23-;20-;;/m01../s1. The van der Waals surface area contributed by atoms with E-state index in [0.717, 1.165) is 75.8 Å². The highest BCUT2D eigenvalue weighted by Crippen LogP contribution is 2.40. The Bertz CT molecular complexity index is 3420. The van der Waals surface area contributed by atoms with E-state index in [0.29, 0.717) is 90.9 Å². The van der Waals surface area contributed by atoms with Crippen molar-refractivity contribution in [3.8, 4) is 51.7 Å². The number of carbonyl (C=O) groups is 5. The summed E-state index contributed by atoms with van der Waals surface area (Å²) < 4.78 is 49.8. The lowest BCUT2D eigenvalue weighted by Crippen LogP contribution is -2.35. The average Bonchev–Trinajstić information content (AvgIpc) is 3.10. The summed E-state index contributed by atoms with van der Waals surface area (Å²) in [5.41, 5.74) is 5.32. The number of likely N-dealkylation sites (tertiary alicyclic amines) is 1. The number of carbonyl (C=O) groups excluding carboxylic acids is 5. The first-order valence-electron chi connectivity index (χ1n) is 30.3. The molecule has 0 aromatic heterocycles. The Morgan fingerprint density at radius 1 is 0.511 bits per heavy atom. The highest BCUT2D eigenvalue weighted by atomic mass is 16.6. The minimum atomic E-state index is -0.257. The van der Waals surface area contributed by atoms with Crippen LogP contribution >= 0.6 is 0 Å². The van der Waals surface area contributed by atoms with Crippen LogP contribution in [0, 0.1) is 0 Å². The van der Waals surface area contributed by atoms with Gasteiger partial charge in [-0.3, -0.25) is 34.0 Å². The lowest BCUT2D eigenvalue weighted by atomic mass is 10.1. The van der Waals surface area contributed by atoms with Crippen molar-refractivity contribution in [1.82, 2.24) is 14.7 Å². The highest BCUT2D eigenvalue weighted by Gasteiger charge is 2.34. The average molecular weight is 1240 g/mol. The molecule has 5 heterocycles. The Hall–Kier alpha value is -9.21. The number of amides is 3. The molecular weight excluding hydrogens is 1150 g/mol. The number of rotatable bonds is 22. The molecule has 0 saturated carbocycles. The second kappa shape index (κ2) is 33.9. The number of methoxy groups -OCH3 is 5. The fourth-order valence-electron chi connectivity index (χ4n) is 10.6. The molecule has 3 saturated heterocycles. The smallest absolute Gasteiger partial charge is 0.256 e. The monoisotopic (exact) mass is 1240 g/mol. The van der Waals surface area contributed by atoms with E-state index in [9.17, 15) is 34.2 Å². The number of aliphatic imine (C=N–C) groups is 2. The number of hydrogen-bond acceptors (Lipinski definition) is 18. The van der Waals surface area contributed by atoms with E-state index in [4.69, 9.17) is 42.6 Å². The molecule has 3 fully saturated rings. The lowest BCUT2D eigenvalue weighted by molar-refractivity contribution is -0.126. The first kappa shape index (κ1) is 68.3. The van der Waals surface area contributed by atoms with E-state index in [-0.39, 0.29) is 81.0 Å². The van der Waals surface area contributed by atoms with E-state index in [1.165, 1.54) is 47.7 Å². The van der Waals surface area contributed by atoms with Gasteiger partial charge in [-0.2, -0.15) is 0 Å². The maximum Gasteiger partial charge on any atom is 0.256 e. The fraction of sp³-hybridized carbons (Fsp3) is 0.406. The van der Waals surface area contributed by atoms with Gasteiger partial charge in [-0.25, -0.2) is 0 Å². The van der Waals surface area contributed by atoms with Crippen LogP contribution < -0.4 is 42.6 Å². The number of nitrogens with zero attached hydrogens (tertiary/aromatic N) is 5. The molecule has 5 aromatic rings. The molecule has 10 rings (SSSR count). The Balaban J connectivity index is 0.000000206. The maximum absolute atomic E-state index is 13.0. The van der Waals surface area contributed by atoms with Gasteiger partial charge < -0.3 is 67.5 Å². The SMILES string of the molecule is CC.COc1cc(/C=C/C(=O)N2CCCCC2)ccc1OCCOc1cc2c(cc1CO)C(=O)N1CCC[C@H]1C=N2.COc1cc(/C=C/C(C)=O)ccc1OCCOc1cc2c(cc1CO)C(=O)N1CCC[C@@H]1C=N2.COc1cc(C(C)=O)cc(OC)c1OC. The van der Waals surface area contributed by atoms with E-state index >= 15 is 0 Å². The lowest BCUT2D eigenvalue weighted by Gasteiger charge is -2.25. The summed E-state index contributed by atoms with van der Waals surface area (Å²) in [4.78, 5) is 75.4. The first-order valence-corrected chi connectivity index (χ1v) is 30.3. The molecule has 5 aliphatic heterocycles. The molecule has 21 heteroatoms. The number of fused-ring (bicyclic) bond motifs is 4. The van der Waals surface area contributed by atoms with Crippen molar-refractivity contribution in [2.75, 3.05) is 88.2 Å². The van der Waals surface area contributed by atoms with Gasteiger partial charge in [0, 0.05) is 73.5 Å². The third-order valence-corrected chi connectivity index (χ3v) is 15.3. The van der Waals surface area contributed by atoms with Crippen molar-refractivity contribution >= 4 is 65.2 Å². The zero-order valence-corrected chi connectivity index (χ0v) is 52.9. The van der Waals surface area contributed by atoms with Gasteiger partial charge in [-0.05, 0) is 131 Å². The number of allylic oxidation sites excluding steroid dienone is 1. The Morgan fingerprint density at radius 2 is 0.944 bits per heavy atom. The number of aliphatic hydroxyl groups excluding tert-OH is 2. The second-order valence-electron chi connectivity index (χ2n) is 21.1. The molecule has 5 aliphatic rings. The summed E-state index contributed by atoms with van der Waals surface area (Å²) in [6, 6.07) is 20.9. The Morgan fingerprint density at radius 3 is 1.34 bits per heavy atom. The minimum Gasteiger partial charge on any atom is -0.493 e. The van der Waals surface area contributed by atoms with Crippen molar-refractivity contribution in [3.63, 3.8) is 0 Å². The number of hydrogen-bond donors (Lipinski definition) is 2. The molecule has 5 aromatic carbocycles. The quantitative estimate of drug-likeness (QED) is 0.0372. The Labute approximate surface area is 526 Å². The number of aliphatic hydroxyl groups is 2. The first-order chi connectivity index (χ1) is 43.7. The van der Waals surface area contributed by atoms with E-state index in [1.807, 2.05) is 59.2 Å². The van der Waals surface area contributed by atoms with E-state index < -0.39 is 0 Å². The zero-order valence-electron chi connectivity index (χ0n) is 52.9. The topological polar surface area (TPSA) is 243 Å². The molecule has 0 unspecified atom stereocenters. The van der Waals surface area contributed by atoms with Gasteiger partial charge in [0.2, 0.25) is 11.7 Å². The van der Waals surface area contributed by atoms with Crippen LogP contribution in [0.15, 0.2) is 94.9 Å². The van der Waals surface area contributed by atoms with Crippen molar-refractivity contribution in [1.29, 1.82) is 0 Å². The molecular formula is C69H83N5O16. The van der Waals surface area contributed by atoms with Crippen LogP contribution in [-0.4, -0.2) is 167 Å². The summed E-state index contributed by atoms with van der Waals surface area (Å²) in [5.74, 6) is 4.43. The molecule has 90 heavy (non-hydrogen) atoms. The Kier molecular flexibility index (Phi) is 25.8. The molecule has 2 N–H and O–H groups in total. The number of Topliss-reactive ketones (excluding diaryl/α,β-unsaturated/α-hetero) is 1. The van der Waals surface area contributed by atoms with Gasteiger partial charge in [0.1, 0.15) is 37.9 Å². The van der Waals surface area contributed by atoms with Crippen molar-refractivity contribution in [2.24, 2.45) is 9.98 Å². The van der Waals surface area contributed by atoms with Gasteiger partial charge in [0.15, 0.2) is 46.1 Å². The van der Waals surface area contributed by atoms with Gasteiger partial charge in [-0.15, -0.1) is 0 Å². The molecule has 0 spiro atoms. The summed E-state index contributed by atoms with van der Waals surface area (Å²) in [5, 5.41) is 19.8. The highest BCUT2D eigenvalue weighted by molar-refractivity contribution is 6.04. The third-order valence-electron chi connectivity index (χ3n) is 15.3. The summed E-state index contributed by atoms with van der Waals surface area (Å²) in [6.45, 7) is 10.4. The summed E-state index contributed by atoms with van der Waals surface area (Å²) >= 11 is 0. The molecule has 0 aliphatic carbocycles. The molecule has 21 nitrogen and oxygen atoms in total. The summed E-state index contributed by atoms with van der Waals surface area (Å²) in [7, 11) is 7.67. The number of ketones is 2. The van der Waals surface area contributed by atoms with Crippen molar-refractivity contribution in [3.05, 3.63) is 124 Å². The molecule has 480 valence electrons. The van der Waals surface area contributed by atoms with Crippen molar-refractivity contribution < 1.29 is 76.8 Å². The zero-order chi connectivity index (χ0) is 64.7. The van der Waals surface area contributed by atoms with Crippen LogP contribution in [-0.2, 0) is 22.8 Å². The van der Waals surface area contributed by atoms with Gasteiger partial charge >= 0.3 is 0 Å². The summed E-state index contributed by atoms with van der Waals surface area (Å²) in [6.07, 6.45) is 17.3. The molecule has 0 bridgehead atoms. The minimum absolute atomic E-state index is 0.0206. The van der Waals surface area contributed by atoms with Crippen LogP contribution in [0.1, 0.15) is 126 Å². The van der Waals surface area contributed by atoms with Gasteiger partial charge in [-0.1, -0.05) is 32.1 Å². The maximum atomic E-state index is 13.0. The van der Waals surface area contributed by atoms with Crippen LogP contribution in [0.4, 0.5) is 11.4 Å². The number of piperidine rings is 1. The number of ether oxygens (including phenoxy) is 9. The predicted octanol–water partition coefficient (Wildman–Crippen LogP) is 10.5. The molecule has 2 atom stereocenters. The van der Waals surface area contributed by atoms with E-state index in [2.05, 4.69) is 9.98 Å². The van der Waals surface area contributed by atoms with Crippen LogP contribution in [0.3, 0.4) is 0 Å². The fourth-order valence-corrected chi connectivity index (χ4v) is 10.6. The molecule has 0 radical (unpaired) electrons. The van der Waals surface area contributed by atoms with E-state index in [1.54, 1.807) is 87.0 Å². The van der Waals surface area contributed by atoms with Crippen LogP contribution in [0.2, 0.25) is 0 Å². The third kappa shape index (κ3) is 17.6. The van der Waals surface area contributed by atoms with Gasteiger partial charge in [0.25, 0.3) is 11.8 Å². The van der Waals surface area contributed by atoms with Crippen molar-refractivity contribution in [2.45, 2.75) is 97.9 Å². The van der Waals surface area contributed by atoms with Crippen LogP contribution in [0.25, 0.3) is 12.2 Å².